The zero-order chi connectivity index (χ0) is 19.2. The number of nitrogens with one attached hydrogen (secondary N) is 3. The van der Waals surface area contributed by atoms with E-state index in [2.05, 4.69) is 27.8 Å². The van der Waals surface area contributed by atoms with Crippen LogP contribution in [0.3, 0.4) is 0 Å². The van der Waals surface area contributed by atoms with Crippen molar-refractivity contribution in [1.82, 2.24) is 15.7 Å². The predicted octanol–water partition coefficient (Wildman–Crippen LogP) is 2.14. The first-order chi connectivity index (χ1) is 13.0. The van der Waals surface area contributed by atoms with E-state index in [1.807, 2.05) is 19.1 Å². The van der Waals surface area contributed by atoms with Crippen molar-refractivity contribution in [2.24, 2.45) is 5.92 Å². The van der Waals surface area contributed by atoms with Crippen LogP contribution in [0.25, 0.3) is 0 Å². The van der Waals surface area contributed by atoms with Crippen molar-refractivity contribution in [2.75, 3.05) is 26.2 Å². The maximum atomic E-state index is 10.8. The maximum Gasteiger partial charge on any atom is 0.303 e. The number of nitrogens with zero attached hydrogens (tertiary/aromatic N) is 1. The third-order valence-corrected chi connectivity index (χ3v) is 5.46. The fraction of sp³-hybridized carbons (Fsp3) is 0.600. The average molecular weight is 374 g/mol. The van der Waals surface area contributed by atoms with Gasteiger partial charge in [-0.05, 0) is 50.8 Å². The summed E-state index contributed by atoms with van der Waals surface area (Å²) in [4.78, 5) is 19.0. The second-order valence-electron chi connectivity index (χ2n) is 7.52. The van der Waals surface area contributed by atoms with E-state index in [4.69, 9.17) is 15.4 Å². The Morgan fingerprint density at radius 1 is 1.33 bits per heavy atom. The molecule has 2 heterocycles. The van der Waals surface area contributed by atoms with Gasteiger partial charge in [-0.1, -0.05) is 24.3 Å². The average Bonchev–Trinajstić information content (AvgIpc) is 3.12. The molecule has 0 aromatic heterocycles. The van der Waals surface area contributed by atoms with Crippen LogP contribution in [0.4, 0.5) is 0 Å². The lowest BCUT2D eigenvalue weighted by atomic mass is 9.93. The van der Waals surface area contributed by atoms with Crippen molar-refractivity contribution >= 4 is 11.8 Å². The Morgan fingerprint density at radius 3 is 2.67 bits per heavy atom. The summed E-state index contributed by atoms with van der Waals surface area (Å²) in [5.41, 5.74) is 5.21. The predicted molar refractivity (Wildman–Crippen MR) is 104 cm³/mol. The van der Waals surface area contributed by atoms with Gasteiger partial charge in [-0.3, -0.25) is 15.0 Å². The third-order valence-electron chi connectivity index (χ3n) is 5.46. The van der Waals surface area contributed by atoms with Crippen LogP contribution in [0.2, 0.25) is 0 Å². The summed E-state index contributed by atoms with van der Waals surface area (Å²) in [6, 6.07) is 8.23. The number of hydrogen-bond donors (Lipinski definition) is 4. The molecule has 0 radical (unpaired) electrons. The molecule has 0 spiro atoms. The number of amidine groups is 1. The fourth-order valence-corrected chi connectivity index (χ4v) is 3.92. The molecule has 4 N–H and O–H groups in total. The molecule has 0 bridgehead atoms. The molecular formula is C20H30N4O3. The van der Waals surface area contributed by atoms with Crippen molar-refractivity contribution in [2.45, 2.75) is 44.8 Å². The highest BCUT2D eigenvalue weighted by Gasteiger charge is 2.30. The summed E-state index contributed by atoms with van der Waals surface area (Å²) < 4.78 is 0. The molecule has 2 aliphatic rings. The highest BCUT2D eigenvalue weighted by molar-refractivity contribution is 5.96. The van der Waals surface area contributed by atoms with Crippen LogP contribution in [0.5, 0.6) is 0 Å². The van der Waals surface area contributed by atoms with Gasteiger partial charge in [0.15, 0.2) is 0 Å². The number of hydroxylamine groups is 1. The molecule has 1 aromatic rings. The summed E-state index contributed by atoms with van der Waals surface area (Å²) in [7, 11) is 0. The van der Waals surface area contributed by atoms with Gasteiger partial charge in [0.25, 0.3) is 0 Å². The second kappa shape index (κ2) is 9.30. The number of hydrogen-bond acceptors (Lipinski definition) is 5. The molecule has 2 atom stereocenters. The molecule has 0 amide bonds. The highest BCUT2D eigenvalue weighted by Crippen LogP contribution is 2.27. The number of rotatable bonds is 7. The SMILES string of the molecule is CCNC(=N)c1ccc(C2CC(CN3CCC(CC(=O)O)CC3)ON2)cc1. The first-order valence-electron chi connectivity index (χ1n) is 9.83. The molecule has 2 aliphatic heterocycles. The number of benzene rings is 1. The van der Waals surface area contributed by atoms with Gasteiger partial charge in [-0.15, -0.1) is 0 Å². The zero-order valence-corrected chi connectivity index (χ0v) is 15.9. The fourth-order valence-electron chi connectivity index (χ4n) is 3.92. The molecule has 1 aromatic carbocycles. The molecule has 148 valence electrons. The minimum absolute atomic E-state index is 0.144. The number of piperidine rings is 1. The lowest BCUT2D eigenvalue weighted by Gasteiger charge is -2.32. The first kappa shape index (κ1) is 19.8. The first-order valence-corrected chi connectivity index (χ1v) is 9.83. The zero-order valence-electron chi connectivity index (χ0n) is 15.9. The van der Waals surface area contributed by atoms with Gasteiger partial charge in [0, 0.05) is 25.1 Å². The molecule has 2 saturated heterocycles. The Bertz CT molecular complexity index is 641. The normalized spacial score (nSPS) is 24.0. The van der Waals surface area contributed by atoms with E-state index in [9.17, 15) is 4.79 Å². The lowest BCUT2D eigenvalue weighted by molar-refractivity contribution is -0.138. The van der Waals surface area contributed by atoms with Crippen molar-refractivity contribution in [3.8, 4) is 0 Å². The Kier molecular flexibility index (Phi) is 6.82. The molecule has 7 nitrogen and oxygen atoms in total. The summed E-state index contributed by atoms with van der Waals surface area (Å²) in [6.45, 7) is 5.51. The Labute approximate surface area is 160 Å². The maximum absolute atomic E-state index is 10.8. The van der Waals surface area contributed by atoms with Crippen LogP contribution in [-0.4, -0.2) is 54.1 Å². The molecule has 27 heavy (non-hydrogen) atoms. The molecule has 3 rings (SSSR count). The van der Waals surface area contributed by atoms with Gasteiger partial charge >= 0.3 is 5.97 Å². The lowest BCUT2D eigenvalue weighted by Crippen LogP contribution is -2.39. The second-order valence-corrected chi connectivity index (χ2v) is 7.52. The monoisotopic (exact) mass is 374 g/mol. The summed E-state index contributed by atoms with van der Waals surface area (Å²) >= 11 is 0. The van der Waals surface area contributed by atoms with Gasteiger partial charge in [0.1, 0.15) is 5.84 Å². The molecule has 2 unspecified atom stereocenters. The summed E-state index contributed by atoms with van der Waals surface area (Å²) in [5, 5.41) is 19.9. The number of carboxylic acid groups (broad SMARTS) is 1. The minimum atomic E-state index is -0.689. The van der Waals surface area contributed by atoms with Gasteiger partial charge in [-0.25, -0.2) is 0 Å². The Morgan fingerprint density at radius 2 is 2.04 bits per heavy atom. The van der Waals surface area contributed by atoms with Crippen molar-refractivity contribution in [3.63, 3.8) is 0 Å². The quantitative estimate of drug-likeness (QED) is 0.431. The van der Waals surface area contributed by atoms with Crippen LogP contribution >= 0.6 is 0 Å². The van der Waals surface area contributed by atoms with Crippen LogP contribution < -0.4 is 10.8 Å². The smallest absolute Gasteiger partial charge is 0.303 e. The summed E-state index contributed by atoms with van der Waals surface area (Å²) in [6.07, 6.45) is 3.26. The summed E-state index contributed by atoms with van der Waals surface area (Å²) in [5.74, 6) is 0.0728. The van der Waals surface area contributed by atoms with E-state index in [0.29, 0.717) is 18.2 Å². The number of carboxylic acids is 1. The Balaban J connectivity index is 1.45. The molecule has 0 saturated carbocycles. The third kappa shape index (κ3) is 5.51. The number of likely N-dealkylation sites (tertiary alicyclic amines) is 1. The topological polar surface area (TPSA) is 97.7 Å². The van der Waals surface area contributed by atoms with E-state index in [1.165, 1.54) is 5.56 Å². The number of carbonyl (C=O) groups is 1. The van der Waals surface area contributed by atoms with Gasteiger partial charge < -0.3 is 15.3 Å². The van der Waals surface area contributed by atoms with Gasteiger partial charge in [0.05, 0.1) is 12.1 Å². The Hall–Kier alpha value is -1.96. The van der Waals surface area contributed by atoms with E-state index < -0.39 is 5.97 Å². The van der Waals surface area contributed by atoms with E-state index in [-0.39, 0.29) is 12.1 Å². The van der Waals surface area contributed by atoms with E-state index in [1.54, 1.807) is 0 Å². The van der Waals surface area contributed by atoms with Crippen molar-refractivity contribution in [3.05, 3.63) is 35.4 Å². The molecular weight excluding hydrogens is 344 g/mol. The minimum Gasteiger partial charge on any atom is -0.481 e. The van der Waals surface area contributed by atoms with E-state index >= 15 is 0 Å². The van der Waals surface area contributed by atoms with Crippen LogP contribution in [0.1, 0.15) is 49.8 Å². The molecule has 2 fully saturated rings. The van der Waals surface area contributed by atoms with Gasteiger partial charge in [0.2, 0.25) is 0 Å². The van der Waals surface area contributed by atoms with Crippen LogP contribution in [-0.2, 0) is 9.63 Å². The standard InChI is InChI=1S/C20H30N4O3/c1-2-22-20(21)16-5-3-15(4-6-16)18-12-17(27-23-18)13-24-9-7-14(8-10-24)11-19(25)26/h3-6,14,17-18,23H,2,7-13H2,1H3,(H2,21,22)(H,25,26). The van der Waals surface area contributed by atoms with E-state index in [0.717, 1.165) is 51.0 Å². The van der Waals surface area contributed by atoms with Crippen LogP contribution in [0.15, 0.2) is 24.3 Å². The van der Waals surface area contributed by atoms with Crippen LogP contribution in [0, 0.1) is 11.3 Å². The largest absolute Gasteiger partial charge is 0.481 e. The van der Waals surface area contributed by atoms with Crippen molar-refractivity contribution < 1.29 is 14.7 Å². The highest BCUT2D eigenvalue weighted by atomic mass is 16.7. The van der Waals surface area contributed by atoms with Gasteiger partial charge in [-0.2, -0.15) is 5.48 Å². The number of aliphatic carboxylic acids is 1. The molecule has 7 heteroatoms. The van der Waals surface area contributed by atoms with Crippen molar-refractivity contribution in [1.29, 1.82) is 5.41 Å². The molecule has 0 aliphatic carbocycles.